The zero-order chi connectivity index (χ0) is 22.3. The lowest BCUT2D eigenvalue weighted by Crippen LogP contribution is -2.49. The largest absolute Gasteiger partial charge is 0.506 e. The van der Waals surface area contributed by atoms with Crippen LogP contribution in [0.4, 0.5) is 8.78 Å². The second-order valence-electron chi connectivity index (χ2n) is 8.30. The molecule has 0 unspecified atom stereocenters. The number of rotatable bonds is 3. The van der Waals surface area contributed by atoms with Crippen LogP contribution in [0.25, 0.3) is 5.76 Å². The minimum absolute atomic E-state index is 0.0231. The van der Waals surface area contributed by atoms with Crippen molar-refractivity contribution in [1.82, 2.24) is 5.32 Å². The van der Waals surface area contributed by atoms with Crippen LogP contribution >= 0.6 is 0 Å². The zero-order valence-corrected chi connectivity index (χ0v) is 16.9. The highest BCUT2D eigenvalue weighted by molar-refractivity contribution is 6.28. The molecule has 2 N–H and O–H groups in total. The Morgan fingerprint density at radius 1 is 1.23 bits per heavy atom. The SMILES string of the molecule is CC(C)(C)OC(=O)CNC(=O)C1=C(O)c2ccc(F)c(F)c2C2(CCOCC2)C1=O. The van der Waals surface area contributed by atoms with Gasteiger partial charge in [0.25, 0.3) is 5.91 Å². The summed E-state index contributed by atoms with van der Waals surface area (Å²) >= 11 is 0. The van der Waals surface area contributed by atoms with Gasteiger partial charge in [-0.2, -0.15) is 0 Å². The van der Waals surface area contributed by atoms with Crippen LogP contribution < -0.4 is 5.32 Å². The van der Waals surface area contributed by atoms with E-state index in [1.165, 1.54) is 0 Å². The molecule has 0 bridgehead atoms. The fourth-order valence-electron chi connectivity index (χ4n) is 3.84. The summed E-state index contributed by atoms with van der Waals surface area (Å²) in [6.45, 7) is 4.66. The Balaban J connectivity index is 2.00. The van der Waals surface area contributed by atoms with E-state index in [4.69, 9.17) is 9.47 Å². The smallest absolute Gasteiger partial charge is 0.325 e. The highest BCUT2D eigenvalue weighted by Gasteiger charge is 2.52. The minimum Gasteiger partial charge on any atom is -0.506 e. The van der Waals surface area contributed by atoms with Gasteiger partial charge in [0.05, 0.1) is 5.41 Å². The molecule has 0 saturated carbocycles. The first-order valence-electron chi connectivity index (χ1n) is 9.52. The number of ketones is 1. The number of amides is 1. The molecule has 7 nitrogen and oxygen atoms in total. The normalized spacial score (nSPS) is 18.2. The third kappa shape index (κ3) is 3.81. The standard InChI is InChI=1S/C21H23F2NO6/c1-20(2,3)30-13(25)10-24-19(28)14-17(26)11-4-5-12(22)16(23)15(11)21(18(14)27)6-8-29-9-7-21/h4-5,26H,6-10H2,1-3H3,(H,24,28). The summed E-state index contributed by atoms with van der Waals surface area (Å²) in [6, 6.07) is 1.96. The first kappa shape index (κ1) is 21.9. The van der Waals surface area contributed by atoms with E-state index in [0.29, 0.717) is 0 Å². The maximum Gasteiger partial charge on any atom is 0.325 e. The van der Waals surface area contributed by atoms with Crippen LogP contribution in [-0.4, -0.2) is 48.1 Å². The predicted molar refractivity (Wildman–Crippen MR) is 101 cm³/mol. The number of carbonyl (C=O) groups excluding carboxylic acids is 3. The lowest BCUT2D eigenvalue weighted by molar-refractivity contribution is -0.154. The van der Waals surface area contributed by atoms with Gasteiger partial charge in [-0.25, -0.2) is 8.78 Å². The number of benzene rings is 1. The number of aliphatic hydroxyl groups is 1. The number of halogens is 2. The Kier molecular flexibility index (Phi) is 5.68. The molecule has 30 heavy (non-hydrogen) atoms. The molecule has 2 aliphatic rings. The molecule has 3 rings (SSSR count). The Morgan fingerprint density at radius 3 is 2.47 bits per heavy atom. The molecule has 1 fully saturated rings. The van der Waals surface area contributed by atoms with E-state index in [1.54, 1.807) is 20.8 Å². The second kappa shape index (κ2) is 7.79. The van der Waals surface area contributed by atoms with Gasteiger partial charge in [-0.05, 0) is 45.7 Å². The summed E-state index contributed by atoms with van der Waals surface area (Å²) in [5.41, 5.74) is -3.30. The van der Waals surface area contributed by atoms with Crippen molar-refractivity contribution in [2.45, 2.75) is 44.6 Å². The molecule has 1 heterocycles. The molecule has 1 saturated heterocycles. The van der Waals surface area contributed by atoms with Crippen molar-refractivity contribution in [2.24, 2.45) is 0 Å². The predicted octanol–water partition coefficient (Wildman–Crippen LogP) is 2.32. The van der Waals surface area contributed by atoms with E-state index in [-0.39, 0.29) is 37.2 Å². The fourth-order valence-corrected chi connectivity index (χ4v) is 3.84. The van der Waals surface area contributed by atoms with E-state index in [1.807, 2.05) is 0 Å². The topological polar surface area (TPSA) is 102 Å². The number of carbonyl (C=O) groups is 3. The number of Topliss-reactive ketones (excluding diaryl/α,β-unsaturated/α-hetero) is 1. The van der Waals surface area contributed by atoms with Crippen LogP contribution in [-0.2, 0) is 29.3 Å². The molecule has 1 aliphatic carbocycles. The van der Waals surface area contributed by atoms with Crippen LogP contribution in [0.1, 0.15) is 44.7 Å². The van der Waals surface area contributed by atoms with Crippen molar-refractivity contribution in [3.63, 3.8) is 0 Å². The highest BCUT2D eigenvalue weighted by Crippen LogP contribution is 2.47. The number of hydrogen-bond donors (Lipinski definition) is 2. The highest BCUT2D eigenvalue weighted by atomic mass is 19.2. The van der Waals surface area contributed by atoms with Crippen LogP contribution in [0.5, 0.6) is 0 Å². The van der Waals surface area contributed by atoms with Gasteiger partial charge in [-0.15, -0.1) is 0 Å². The van der Waals surface area contributed by atoms with E-state index < -0.39 is 58.2 Å². The van der Waals surface area contributed by atoms with Gasteiger partial charge >= 0.3 is 5.97 Å². The quantitative estimate of drug-likeness (QED) is 0.572. The van der Waals surface area contributed by atoms with E-state index >= 15 is 0 Å². The van der Waals surface area contributed by atoms with Crippen molar-refractivity contribution in [3.8, 4) is 0 Å². The molecule has 1 aromatic carbocycles. The second-order valence-corrected chi connectivity index (χ2v) is 8.30. The van der Waals surface area contributed by atoms with E-state index in [9.17, 15) is 28.3 Å². The molecular formula is C21H23F2NO6. The van der Waals surface area contributed by atoms with Crippen LogP contribution in [0.3, 0.4) is 0 Å². The zero-order valence-electron chi connectivity index (χ0n) is 16.9. The van der Waals surface area contributed by atoms with E-state index in [0.717, 1.165) is 12.1 Å². The van der Waals surface area contributed by atoms with Gasteiger partial charge in [-0.1, -0.05) is 0 Å². The van der Waals surface area contributed by atoms with E-state index in [2.05, 4.69) is 5.32 Å². The lowest BCUT2D eigenvalue weighted by atomic mass is 9.64. The average molecular weight is 423 g/mol. The van der Waals surface area contributed by atoms with Crippen molar-refractivity contribution in [2.75, 3.05) is 19.8 Å². The van der Waals surface area contributed by atoms with Crippen molar-refractivity contribution < 1.29 is 37.7 Å². The molecule has 0 aromatic heterocycles. The fraction of sp³-hybridized carbons (Fsp3) is 0.476. The van der Waals surface area contributed by atoms with Crippen molar-refractivity contribution in [1.29, 1.82) is 0 Å². The van der Waals surface area contributed by atoms with Gasteiger partial charge < -0.3 is 19.9 Å². The van der Waals surface area contributed by atoms with Crippen molar-refractivity contribution >= 4 is 23.4 Å². The summed E-state index contributed by atoms with van der Waals surface area (Å²) < 4.78 is 39.1. The molecule has 1 amide bonds. The lowest BCUT2D eigenvalue weighted by Gasteiger charge is -2.40. The Morgan fingerprint density at radius 2 is 1.87 bits per heavy atom. The molecule has 1 spiro atoms. The number of fused-ring (bicyclic) bond motifs is 2. The number of hydrogen-bond acceptors (Lipinski definition) is 6. The van der Waals surface area contributed by atoms with Gasteiger partial charge in [0.1, 0.15) is 23.5 Å². The van der Waals surface area contributed by atoms with Gasteiger partial charge in [0, 0.05) is 24.3 Å². The molecule has 1 aromatic rings. The maximum atomic E-state index is 14.7. The number of aliphatic hydroxyl groups excluding tert-OH is 1. The number of esters is 1. The van der Waals surface area contributed by atoms with Gasteiger partial charge in [0.2, 0.25) is 0 Å². The number of ether oxygens (including phenoxy) is 2. The summed E-state index contributed by atoms with van der Waals surface area (Å²) in [4.78, 5) is 37.9. The Hall–Kier alpha value is -2.81. The third-order valence-electron chi connectivity index (χ3n) is 5.11. The monoisotopic (exact) mass is 423 g/mol. The molecule has 0 atom stereocenters. The maximum absolute atomic E-state index is 14.7. The molecule has 162 valence electrons. The van der Waals surface area contributed by atoms with Crippen LogP contribution in [0, 0.1) is 11.6 Å². The van der Waals surface area contributed by atoms with Crippen LogP contribution in [0.15, 0.2) is 17.7 Å². The first-order chi connectivity index (χ1) is 14.0. The molecule has 1 aliphatic heterocycles. The minimum atomic E-state index is -1.54. The number of nitrogens with one attached hydrogen (secondary N) is 1. The average Bonchev–Trinajstić information content (AvgIpc) is 2.66. The third-order valence-corrected chi connectivity index (χ3v) is 5.11. The summed E-state index contributed by atoms with van der Waals surface area (Å²) in [5, 5.41) is 12.9. The first-order valence-corrected chi connectivity index (χ1v) is 9.52. The summed E-state index contributed by atoms with van der Waals surface area (Å²) in [6.07, 6.45) is 0.0463. The van der Waals surface area contributed by atoms with Crippen LogP contribution in [0.2, 0.25) is 0 Å². The van der Waals surface area contributed by atoms with Gasteiger partial charge in [-0.3, -0.25) is 14.4 Å². The van der Waals surface area contributed by atoms with Crippen molar-refractivity contribution in [3.05, 3.63) is 40.5 Å². The summed E-state index contributed by atoms with van der Waals surface area (Å²) in [7, 11) is 0. The molecule has 9 heteroatoms. The molecule has 0 radical (unpaired) electrons. The molecular weight excluding hydrogens is 400 g/mol. The van der Waals surface area contributed by atoms with Gasteiger partial charge in [0.15, 0.2) is 17.4 Å². The Bertz CT molecular complexity index is 942. The summed E-state index contributed by atoms with van der Waals surface area (Å²) in [5.74, 6) is -5.70. The Labute approximate surface area is 172 Å².